The fourth-order valence-corrected chi connectivity index (χ4v) is 2.24. The Hall–Kier alpha value is -2.14. The average Bonchev–Trinajstić information content (AvgIpc) is 2.49. The molecule has 3 rings (SSSR count). The number of ether oxygens (including phenoxy) is 1. The molecule has 0 unspecified atom stereocenters. The van der Waals surface area contributed by atoms with E-state index in [0.717, 1.165) is 49.5 Å². The Morgan fingerprint density at radius 3 is 2.60 bits per heavy atom. The van der Waals surface area contributed by atoms with Crippen LogP contribution in [0.4, 0.5) is 17.3 Å². The summed E-state index contributed by atoms with van der Waals surface area (Å²) in [5, 5.41) is 3.32. The standard InChI is InChI=1S/C15H18N4O/c1-12-16-14(18-13-5-3-2-4-6-13)11-15(17-12)19-7-9-20-10-8-19/h2-6,11H,7-10H2,1H3,(H,16,17,18). The lowest BCUT2D eigenvalue weighted by molar-refractivity contribution is 0.122. The summed E-state index contributed by atoms with van der Waals surface area (Å²) >= 11 is 0. The predicted octanol–water partition coefficient (Wildman–Crippen LogP) is 2.37. The highest BCUT2D eigenvalue weighted by molar-refractivity contribution is 5.59. The van der Waals surface area contributed by atoms with Crippen LogP contribution in [-0.2, 0) is 4.74 Å². The molecule has 1 aliphatic rings. The molecule has 0 saturated carbocycles. The third kappa shape index (κ3) is 3.05. The van der Waals surface area contributed by atoms with Crippen molar-refractivity contribution >= 4 is 17.3 Å². The van der Waals surface area contributed by atoms with Crippen molar-refractivity contribution in [2.45, 2.75) is 6.92 Å². The first kappa shape index (κ1) is 12.9. The highest BCUT2D eigenvalue weighted by atomic mass is 16.5. The van der Waals surface area contributed by atoms with E-state index < -0.39 is 0 Å². The molecule has 1 aromatic carbocycles. The quantitative estimate of drug-likeness (QED) is 0.928. The van der Waals surface area contributed by atoms with Gasteiger partial charge in [0.1, 0.15) is 17.5 Å². The van der Waals surface area contributed by atoms with Gasteiger partial charge >= 0.3 is 0 Å². The van der Waals surface area contributed by atoms with Gasteiger partial charge in [-0.05, 0) is 19.1 Å². The molecule has 1 fully saturated rings. The van der Waals surface area contributed by atoms with Gasteiger partial charge in [-0.25, -0.2) is 9.97 Å². The van der Waals surface area contributed by atoms with Gasteiger partial charge in [0.2, 0.25) is 0 Å². The predicted molar refractivity (Wildman–Crippen MR) is 79.5 cm³/mol. The fraction of sp³-hybridized carbons (Fsp3) is 0.333. The van der Waals surface area contributed by atoms with Crippen LogP contribution in [0.25, 0.3) is 0 Å². The molecule has 1 aliphatic heterocycles. The van der Waals surface area contributed by atoms with Crippen LogP contribution in [0.1, 0.15) is 5.82 Å². The smallest absolute Gasteiger partial charge is 0.136 e. The number of rotatable bonds is 3. The van der Waals surface area contributed by atoms with Crippen LogP contribution in [0.2, 0.25) is 0 Å². The van der Waals surface area contributed by atoms with Crippen LogP contribution in [-0.4, -0.2) is 36.3 Å². The second-order valence-corrected chi connectivity index (χ2v) is 4.75. The van der Waals surface area contributed by atoms with Crippen molar-refractivity contribution in [2.24, 2.45) is 0 Å². The van der Waals surface area contributed by atoms with E-state index in [0.29, 0.717) is 0 Å². The van der Waals surface area contributed by atoms with Gasteiger partial charge in [0.15, 0.2) is 0 Å². The molecule has 0 atom stereocenters. The second-order valence-electron chi connectivity index (χ2n) is 4.75. The van der Waals surface area contributed by atoms with Gasteiger partial charge in [-0.15, -0.1) is 0 Å². The molecular weight excluding hydrogens is 252 g/mol. The van der Waals surface area contributed by atoms with Crippen LogP contribution >= 0.6 is 0 Å². The summed E-state index contributed by atoms with van der Waals surface area (Å²) in [6, 6.07) is 12.0. The zero-order valence-electron chi connectivity index (χ0n) is 11.5. The van der Waals surface area contributed by atoms with E-state index in [9.17, 15) is 0 Å². The van der Waals surface area contributed by atoms with Crippen molar-refractivity contribution in [1.29, 1.82) is 0 Å². The summed E-state index contributed by atoms with van der Waals surface area (Å²) in [6.45, 7) is 5.18. The first-order valence-electron chi connectivity index (χ1n) is 6.82. The van der Waals surface area contributed by atoms with E-state index in [4.69, 9.17) is 4.74 Å². The summed E-state index contributed by atoms with van der Waals surface area (Å²) < 4.78 is 5.38. The molecule has 1 aromatic heterocycles. The summed E-state index contributed by atoms with van der Waals surface area (Å²) in [4.78, 5) is 11.2. The molecule has 5 nitrogen and oxygen atoms in total. The zero-order chi connectivity index (χ0) is 13.8. The van der Waals surface area contributed by atoms with Crippen molar-refractivity contribution < 1.29 is 4.74 Å². The van der Waals surface area contributed by atoms with E-state index in [1.165, 1.54) is 0 Å². The number of hydrogen-bond donors (Lipinski definition) is 1. The number of anilines is 3. The van der Waals surface area contributed by atoms with E-state index in [-0.39, 0.29) is 0 Å². The molecule has 0 spiro atoms. The monoisotopic (exact) mass is 270 g/mol. The molecule has 20 heavy (non-hydrogen) atoms. The topological polar surface area (TPSA) is 50.3 Å². The normalized spacial score (nSPS) is 15.2. The fourth-order valence-electron chi connectivity index (χ4n) is 2.24. The van der Waals surface area contributed by atoms with Crippen LogP contribution in [0.15, 0.2) is 36.4 Å². The van der Waals surface area contributed by atoms with Crippen LogP contribution < -0.4 is 10.2 Å². The highest BCUT2D eigenvalue weighted by Gasteiger charge is 2.14. The van der Waals surface area contributed by atoms with Gasteiger partial charge in [-0.1, -0.05) is 18.2 Å². The number of morpholine rings is 1. The van der Waals surface area contributed by atoms with Crippen molar-refractivity contribution in [3.63, 3.8) is 0 Å². The van der Waals surface area contributed by atoms with Crippen molar-refractivity contribution in [3.8, 4) is 0 Å². The first-order chi connectivity index (χ1) is 9.81. The molecule has 5 heteroatoms. The largest absolute Gasteiger partial charge is 0.378 e. The van der Waals surface area contributed by atoms with Crippen LogP contribution in [0.3, 0.4) is 0 Å². The molecule has 0 aliphatic carbocycles. The molecule has 104 valence electrons. The number of nitrogens with zero attached hydrogens (tertiary/aromatic N) is 3. The summed E-state index contributed by atoms with van der Waals surface area (Å²) in [7, 11) is 0. The summed E-state index contributed by atoms with van der Waals surface area (Å²) in [5.41, 5.74) is 1.03. The van der Waals surface area contributed by atoms with Gasteiger partial charge in [0.05, 0.1) is 13.2 Å². The van der Waals surface area contributed by atoms with Crippen LogP contribution in [0.5, 0.6) is 0 Å². The highest BCUT2D eigenvalue weighted by Crippen LogP contribution is 2.20. The average molecular weight is 270 g/mol. The van der Waals surface area contributed by atoms with Gasteiger partial charge < -0.3 is 15.0 Å². The maximum absolute atomic E-state index is 5.38. The molecular formula is C15H18N4O. The number of nitrogens with one attached hydrogen (secondary N) is 1. The van der Waals surface area contributed by atoms with Crippen LogP contribution in [0, 0.1) is 6.92 Å². The Labute approximate surface area is 118 Å². The number of benzene rings is 1. The Morgan fingerprint density at radius 1 is 1.10 bits per heavy atom. The lowest BCUT2D eigenvalue weighted by atomic mass is 10.3. The van der Waals surface area contributed by atoms with Crippen molar-refractivity contribution in [1.82, 2.24) is 9.97 Å². The van der Waals surface area contributed by atoms with E-state index in [1.54, 1.807) is 0 Å². The SMILES string of the molecule is Cc1nc(Nc2ccccc2)cc(N2CCOCC2)n1. The number of aromatic nitrogens is 2. The van der Waals surface area contributed by atoms with E-state index in [2.05, 4.69) is 20.2 Å². The molecule has 2 aromatic rings. The van der Waals surface area contributed by atoms with Gasteiger partial charge in [0, 0.05) is 24.8 Å². The number of aryl methyl sites for hydroxylation is 1. The van der Waals surface area contributed by atoms with E-state index >= 15 is 0 Å². The molecule has 0 radical (unpaired) electrons. The third-order valence-corrected chi connectivity index (χ3v) is 3.21. The zero-order valence-corrected chi connectivity index (χ0v) is 11.5. The van der Waals surface area contributed by atoms with Gasteiger partial charge in [-0.2, -0.15) is 0 Å². The molecule has 0 amide bonds. The minimum atomic E-state index is 0.754. The lowest BCUT2D eigenvalue weighted by Gasteiger charge is -2.28. The Balaban J connectivity index is 1.82. The maximum atomic E-state index is 5.38. The minimum Gasteiger partial charge on any atom is -0.378 e. The Kier molecular flexibility index (Phi) is 3.78. The summed E-state index contributed by atoms with van der Waals surface area (Å²) in [5.74, 6) is 2.55. The van der Waals surface area contributed by atoms with Gasteiger partial charge in [-0.3, -0.25) is 0 Å². The van der Waals surface area contributed by atoms with Crippen molar-refractivity contribution in [3.05, 3.63) is 42.2 Å². The summed E-state index contributed by atoms with van der Waals surface area (Å²) in [6.07, 6.45) is 0. The van der Waals surface area contributed by atoms with Gasteiger partial charge in [0.25, 0.3) is 0 Å². The molecule has 2 heterocycles. The van der Waals surface area contributed by atoms with E-state index in [1.807, 2.05) is 43.3 Å². The number of hydrogen-bond acceptors (Lipinski definition) is 5. The van der Waals surface area contributed by atoms with Crippen molar-refractivity contribution in [2.75, 3.05) is 36.5 Å². The lowest BCUT2D eigenvalue weighted by Crippen LogP contribution is -2.36. The molecule has 1 saturated heterocycles. The molecule has 0 bridgehead atoms. The second kappa shape index (κ2) is 5.88. The Morgan fingerprint density at radius 2 is 1.85 bits per heavy atom. The third-order valence-electron chi connectivity index (χ3n) is 3.21. The maximum Gasteiger partial charge on any atom is 0.136 e. The number of para-hydroxylation sites is 1. The first-order valence-corrected chi connectivity index (χ1v) is 6.82. The Bertz CT molecular complexity index is 567. The minimum absolute atomic E-state index is 0.754. The molecule has 1 N–H and O–H groups in total.